The lowest BCUT2D eigenvalue weighted by molar-refractivity contribution is 0.617. The van der Waals surface area contributed by atoms with E-state index in [0.29, 0.717) is 16.9 Å². The van der Waals surface area contributed by atoms with Crippen LogP contribution in [-0.4, -0.2) is 17.2 Å². The summed E-state index contributed by atoms with van der Waals surface area (Å²) in [5.74, 6) is 0.125. The third kappa shape index (κ3) is 2.97. The molecule has 0 atom stereocenters. The van der Waals surface area contributed by atoms with E-state index in [4.69, 9.17) is 5.26 Å². The average Bonchev–Trinajstić information content (AvgIpc) is 2.86. The van der Waals surface area contributed by atoms with Crippen LogP contribution in [0.5, 0.6) is 0 Å². The smallest absolute Gasteiger partial charge is 0.206 e. The highest BCUT2D eigenvalue weighted by molar-refractivity contribution is 8.00. The fraction of sp³-hybridized carbons (Fsp3) is 0.182. The Morgan fingerprint density at radius 3 is 3.00 bits per heavy atom. The number of aromatic nitrogens is 2. The van der Waals surface area contributed by atoms with Gasteiger partial charge in [0.25, 0.3) is 0 Å². The number of halogens is 1. The van der Waals surface area contributed by atoms with Crippen molar-refractivity contribution in [1.82, 2.24) is 10.2 Å². The van der Waals surface area contributed by atoms with Gasteiger partial charge in [-0.1, -0.05) is 23.1 Å². The van der Waals surface area contributed by atoms with E-state index in [-0.39, 0.29) is 5.82 Å². The molecule has 0 amide bonds. The highest BCUT2D eigenvalue weighted by Gasteiger charge is 2.07. The molecule has 0 saturated carbocycles. The first-order valence-corrected chi connectivity index (χ1v) is 6.85. The zero-order chi connectivity index (χ0) is 13.0. The molecule has 1 heterocycles. The summed E-state index contributed by atoms with van der Waals surface area (Å²) >= 11 is 2.81. The highest BCUT2D eigenvalue weighted by atomic mass is 32.2. The molecule has 0 fully saturated rings. The quantitative estimate of drug-likeness (QED) is 0.873. The lowest BCUT2D eigenvalue weighted by atomic mass is 10.1. The van der Waals surface area contributed by atoms with Crippen LogP contribution in [0.15, 0.2) is 22.5 Å². The number of hydrogen-bond acceptors (Lipinski definition) is 6. The molecular formula is C11H9FN4S2. The lowest BCUT2D eigenvalue weighted by Crippen LogP contribution is -1.89. The lowest BCUT2D eigenvalue weighted by Gasteiger charge is -2.01. The van der Waals surface area contributed by atoms with E-state index in [1.165, 1.54) is 35.2 Å². The van der Waals surface area contributed by atoms with Gasteiger partial charge in [0.05, 0.1) is 11.6 Å². The monoisotopic (exact) mass is 280 g/mol. The van der Waals surface area contributed by atoms with Crippen molar-refractivity contribution >= 4 is 28.2 Å². The first-order chi connectivity index (χ1) is 8.72. The Morgan fingerprint density at radius 1 is 1.50 bits per heavy atom. The van der Waals surface area contributed by atoms with Crippen molar-refractivity contribution < 1.29 is 4.39 Å². The summed E-state index contributed by atoms with van der Waals surface area (Å²) in [6.07, 6.45) is 0. The van der Waals surface area contributed by atoms with Crippen LogP contribution in [0.4, 0.5) is 9.52 Å². The van der Waals surface area contributed by atoms with Crippen molar-refractivity contribution in [3.63, 3.8) is 0 Å². The van der Waals surface area contributed by atoms with Gasteiger partial charge >= 0.3 is 0 Å². The van der Waals surface area contributed by atoms with Gasteiger partial charge in [0.1, 0.15) is 5.82 Å². The molecule has 0 saturated heterocycles. The Bertz CT molecular complexity index is 591. The minimum Gasteiger partial charge on any atom is -0.363 e. The van der Waals surface area contributed by atoms with Crippen LogP contribution in [0.25, 0.3) is 0 Å². The van der Waals surface area contributed by atoms with Crippen molar-refractivity contribution in [2.45, 2.75) is 10.1 Å². The summed E-state index contributed by atoms with van der Waals surface area (Å²) in [6, 6.07) is 6.33. The summed E-state index contributed by atoms with van der Waals surface area (Å²) in [5, 5.41) is 20.2. The van der Waals surface area contributed by atoms with E-state index in [0.717, 1.165) is 9.47 Å². The Morgan fingerprint density at radius 2 is 2.33 bits per heavy atom. The first-order valence-electron chi connectivity index (χ1n) is 5.05. The predicted octanol–water partition coefficient (Wildman–Crippen LogP) is 2.88. The van der Waals surface area contributed by atoms with Gasteiger partial charge in [-0.25, -0.2) is 4.39 Å². The Balaban J connectivity index is 2.08. The molecule has 0 unspecified atom stereocenters. The van der Waals surface area contributed by atoms with Crippen molar-refractivity contribution in [1.29, 1.82) is 5.26 Å². The van der Waals surface area contributed by atoms with E-state index in [1.807, 2.05) is 6.07 Å². The van der Waals surface area contributed by atoms with Gasteiger partial charge in [-0.3, -0.25) is 0 Å². The fourth-order valence-electron chi connectivity index (χ4n) is 1.26. The second kappa shape index (κ2) is 5.80. The van der Waals surface area contributed by atoms with E-state index >= 15 is 0 Å². The van der Waals surface area contributed by atoms with Gasteiger partial charge in [-0.2, -0.15) is 5.26 Å². The van der Waals surface area contributed by atoms with Crippen molar-refractivity contribution in [2.75, 3.05) is 12.4 Å². The van der Waals surface area contributed by atoms with Crippen LogP contribution in [0.2, 0.25) is 0 Å². The molecular weight excluding hydrogens is 271 g/mol. The number of nitrogens with one attached hydrogen (secondary N) is 1. The minimum atomic E-state index is -0.306. The van der Waals surface area contributed by atoms with E-state index in [2.05, 4.69) is 15.5 Å². The summed E-state index contributed by atoms with van der Waals surface area (Å²) in [6.45, 7) is 0. The molecule has 0 radical (unpaired) electrons. The molecule has 2 aromatic rings. The fourth-order valence-corrected chi connectivity index (χ4v) is 2.94. The van der Waals surface area contributed by atoms with Gasteiger partial charge in [0, 0.05) is 12.8 Å². The maximum Gasteiger partial charge on any atom is 0.206 e. The van der Waals surface area contributed by atoms with Crippen LogP contribution >= 0.6 is 23.1 Å². The molecule has 2 rings (SSSR count). The Kier molecular flexibility index (Phi) is 4.12. The Hall–Kier alpha value is -1.65. The molecule has 1 N–H and O–H groups in total. The molecule has 1 aromatic carbocycles. The number of benzene rings is 1. The second-order valence-corrected chi connectivity index (χ2v) is 5.53. The van der Waals surface area contributed by atoms with Gasteiger partial charge in [0.2, 0.25) is 5.13 Å². The van der Waals surface area contributed by atoms with Crippen molar-refractivity contribution in [2.24, 2.45) is 0 Å². The zero-order valence-corrected chi connectivity index (χ0v) is 11.1. The molecule has 0 bridgehead atoms. The number of nitriles is 1. The van der Waals surface area contributed by atoms with Gasteiger partial charge in [0.15, 0.2) is 4.34 Å². The molecule has 0 aliphatic carbocycles. The largest absolute Gasteiger partial charge is 0.363 e. The number of anilines is 1. The molecule has 7 heteroatoms. The highest BCUT2D eigenvalue weighted by Crippen LogP contribution is 2.28. The maximum absolute atomic E-state index is 13.5. The summed E-state index contributed by atoms with van der Waals surface area (Å²) in [7, 11) is 1.77. The number of nitrogens with zero attached hydrogens (tertiary/aromatic N) is 3. The SMILES string of the molecule is CNc1nnc(SCc2cc(C#N)ccc2F)s1. The van der Waals surface area contributed by atoms with E-state index in [1.54, 1.807) is 13.1 Å². The normalized spacial score (nSPS) is 10.1. The Labute approximate surface area is 112 Å². The van der Waals surface area contributed by atoms with Crippen LogP contribution in [0, 0.1) is 17.1 Å². The molecule has 92 valence electrons. The average molecular weight is 280 g/mol. The molecule has 18 heavy (non-hydrogen) atoms. The zero-order valence-electron chi connectivity index (χ0n) is 9.48. The standard InChI is InChI=1S/C11H9FN4S2/c1-14-10-15-16-11(18-10)17-6-8-4-7(5-13)2-3-9(8)12/h2-4H,6H2,1H3,(H,14,15). The van der Waals surface area contributed by atoms with Crippen LogP contribution < -0.4 is 5.32 Å². The van der Waals surface area contributed by atoms with E-state index in [9.17, 15) is 4.39 Å². The number of hydrogen-bond donors (Lipinski definition) is 1. The van der Waals surface area contributed by atoms with Crippen LogP contribution in [-0.2, 0) is 5.75 Å². The summed E-state index contributed by atoms with van der Waals surface area (Å²) < 4.78 is 14.3. The first kappa shape index (κ1) is 12.8. The van der Waals surface area contributed by atoms with Crippen molar-refractivity contribution in [3.8, 4) is 6.07 Å². The summed E-state index contributed by atoms with van der Waals surface area (Å²) in [4.78, 5) is 0. The van der Waals surface area contributed by atoms with Gasteiger partial charge in [-0.05, 0) is 23.8 Å². The topological polar surface area (TPSA) is 61.6 Å². The molecule has 0 aliphatic rings. The predicted molar refractivity (Wildman–Crippen MR) is 70.1 cm³/mol. The van der Waals surface area contributed by atoms with Crippen LogP contribution in [0.1, 0.15) is 11.1 Å². The van der Waals surface area contributed by atoms with Crippen LogP contribution in [0.3, 0.4) is 0 Å². The third-order valence-electron chi connectivity index (χ3n) is 2.15. The summed E-state index contributed by atoms with van der Waals surface area (Å²) in [5.41, 5.74) is 0.959. The molecule has 0 aliphatic heterocycles. The second-order valence-electron chi connectivity index (χ2n) is 3.33. The maximum atomic E-state index is 13.5. The van der Waals surface area contributed by atoms with E-state index < -0.39 is 0 Å². The molecule has 0 spiro atoms. The third-order valence-corrected chi connectivity index (χ3v) is 4.27. The molecule has 1 aromatic heterocycles. The molecule has 4 nitrogen and oxygen atoms in total. The number of rotatable bonds is 4. The van der Waals surface area contributed by atoms with Gasteiger partial charge < -0.3 is 5.32 Å². The van der Waals surface area contributed by atoms with Crippen molar-refractivity contribution in [3.05, 3.63) is 35.1 Å². The number of thioether (sulfide) groups is 1. The minimum absolute atomic E-state index is 0.306. The van der Waals surface area contributed by atoms with Gasteiger partial charge in [-0.15, -0.1) is 10.2 Å².